The Morgan fingerprint density at radius 1 is 0.808 bits per heavy atom. The largest absolute Gasteiger partial charge is 0.438 e. The summed E-state index contributed by atoms with van der Waals surface area (Å²) in [6.07, 6.45) is 0. The Labute approximate surface area is 148 Å². The van der Waals surface area contributed by atoms with Crippen LogP contribution in [-0.2, 0) is 0 Å². The summed E-state index contributed by atoms with van der Waals surface area (Å²) in [5.74, 6) is 1.82. The molecule has 2 aromatic heterocycles. The molecule has 0 atom stereocenters. The van der Waals surface area contributed by atoms with E-state index < -0.39 is 0 Å². The molecule has 26 heavy (non-hydrogen) atoms. The number of rotatable bonds is 3. The lowest BCUT2D eigenvalue weighted by atomic mass is 10.1. The molecule has 6 heteroatoms. The second-order valence-electron chi connectivity index (χ2n) is 5.81. The van der Waals surface area contributed by atoms with Crippen molar-refractivity contribution in [2.75, 3.05) is 0 Å². The number of hydrogen-bond acceptors (Lipinski definition) is 5. The van der Waals surface area contributed by atoms with Crippen molar-refractivity contribution in [3.05, 3.63) is 78.9 Å². The van der Waals surface area contributed by atoms with Gasteiger partial charge in [0.15, 0.2) is 11.5 Å². The highest BCUT2D eigenvalue weighted by Gasteiger charge is 2.13. The van der Waals surface area contributed by atoms with E-state index in [1.54, 1.807) is 10.6 Å². The van der Waals surface area contributed by atoms with Crippen molar-refractivity contribution in [1.29, 1.82) is 0 Å². The maximum Gasteiger partial charge on any atom is 0.225 e. The van der Waals surface area contributed by atoms with Gasteiger partial charge in [-0.05, 0) is 21.9 Å². The van der Waals surface area contributed by atoms with Crippen molar-refractivity contribution in [2.45, 2.75) is 0 Å². The average molecular weight is 339 g/mol. The number of fused-ring (bicyclic) bond motifs is 2. The molecule has 0 N–H and O–H groups in total. The van der Waals surface area contributed by atoms with Gasteiger partial charge in [0, 0.05) is 17.0 Å². The molecule has 0 saturated heterocycles. The van der Waals surface area contributed by atoms with E-state index in [0.717, 1.165) is 22.1 Å². The predicted molar refractivity (Wildman–Crippen MR) is 98.0 cm³/mol. The van der Waals surface area contributed by atoms with Gasteiger partial charge in [0.2, 0.25) is 5.88 Å². The topological polar surface area (TPSA) is 65.2 Å². The van der Waals surface area contributed by atoms with E-state index in [2.05, 4.69) is 32.6 Å². The third-order valence-electron chi connectivity index (χ3n) is 4.16. The van der Waals surface area contributed by atoms with E-state index in [0.29, 0.717) is 17.4 Å². The molecule has 0 saturated carbocycles. The van der Waals surface area contributed by atoms with Crippen LogP contribution in [0, 0.1) is 0 Å². The van der Waals surface area contributed by atoms with Crippen LogP contribution in [0.4, 0.5) is 0 Å². The van der Waals surface area contributed by atoms with Crippen LogP contribution in [0.25, 0.3) is 27.8 Å². The second-order valence-corrected chi connectivity index (χ2v) is 5.81. The maximum atomic E-state index is 6.11. The summed E-state index contributed by atoms with van der Waals surface area (Å²) < 4.78 is 7.71. The molecule has 3 aromatic carbocycles. The van der Waals surface area contributed by atoms with E-state index in [1.807, 2.05) is 60.7 Å². The fourth-order valence-corrected chi connectivity index (χ4v) is 2.95. The van der Waals surface area contributed by atoms with Crippen molar-refractivity contribution in [2.24, 2.45) is 0 Å². The van der Waals surface area contributed by atoms with Gasteiger partial charge in [-0.15, -0.1) is 5.10 Å². The lowest BCUT2D eigenvalue weighted by molar-refractivity contribution is 0.467. The van der Waals surface area contributed by atoms with Gasteiger partial charge in [0.05, 0.1) is 0 Å². The quantitative estimate of drug-likeness (QED) is 0.494. The molecule has 0 fully saturated rings. The molecule has 0 bridgehead atoms. The highest BCUT2D eigenvalue weighted by atomic mass is 16.5. The van der Waals surface area contributed by atoms with Crippen LogP contribution in [0.3, 0.4) is 0 Å². The summed E-state index contributed by atoms with van der Waals surface area (Å²) >= 11 is 0. The third-order valence-corrected chi connectivity index (χ3v) is 4.16. The molecule has 0 unspecified atom stereocenters. The zero-order valence-corrected chi connectivity index (χ0v) is 13.6. The molecular formula is C20H13N5O. The Morgan fingerprint density at radius 3 is 2.54 bits per heavy atom. The normalized spacial score (nSPS) is 11.1. The minimum Gasteiger partial charge on any atom is -0.438 e. The van der Waals surface area contributed by atoms with Crippen LogP contribution in [0.2, 0.25) is 0 Å². The minimum atomic E-state index is 0.447. The summed E-state index contributed by atoms with van der Waals surface area (Å²) in [6.45, 7) is 0. The van der Waals surface area contributed by atoms with Crippen molar-refractivity contribution < 1.29 is 4.74 Å². The second kappa shape index (κ2) is 5.93. The Bertz CT molecular complexity index is 1210. The fraction of sp³-hybridized carbons (Fsp3) is 0. The van der Waals surface area contributed by atoms with Gasteiger partial charge >= 0.3 is 0 Å². The lowest BCUT2D eigenvalue weighted by Crippen LogP contribution is -2.00. The van der Waals surface area contributed by atoms with Gasteiger partial charge in [-0.25, -0.2) is 0 Å². The van der Waals surface area contributed by atoms with Gasteiger partial charge in [0.25, 0.3) is 0 Å². The number of benzene rings is 3. The summed E-state index contributed by atoms with van der Waals surface area (Å²) in [6, 6.07) is 25.5. The van der Waals surface area contributed by atoms with Gasteiger partial charge in [-0.2, -0.15) is 9.50 Å². The van der Waals surface area contributed by atoms with Crippen LogP contribution in [0.1, 0.15) is 0 Å². The molecule has 6 nitrogen and oxygen atoms in total. The summed E-state index contributed by atoms with van der Waals surface area (Å²) in [5.41, 5.74) is 1.49. The van der Waals surface area contributed by atoms with E-state index >= 15 is 0 Å². The molecule has 0 aliphatic carbocycles. The first kappa shape index (κ1) is 14.5. The number of ether oxygens (including phenoxy) is 1. The molecule has 0 amide bonds. The van der Waals surface area contributed by atoms with Gasteiger partial charge < -0.3 is 4.74 Å². The smallest absolute Gasteiger partial charge is 0.225 e. The highest BCUT2D eigenvalue weighted by molar-refractivity contribution is 5.88. The zero-order valence-electron chi connectivity index (χ0n) is 13.6. The molecule has 0 aliphatic rings. The number of hydrogen-bond donors (Lipinski definition) is 0. The Hall–Kier alpha value is -3.80. The number of aromatic nitrogens is 5. The van der Waals surface area contributed by atoms with Gasteiger partial charge in [0.1, 0.15) is 5.75 Å². The van der Waals surface area contributed by atoms with Crippen molar-refractivity contribution in [3.8, 4) is 23.0 Å². The monoisotopic (exact) mass is 339 g/mol. The summed E-state index contributed by atoms with van der Waals surface area (Å²) in [5, 5.41) is 14.0. The minimum absolute atomic E-state index is 0.447. The fourth-order valence-electron chi connectivity index (χ4n) is 2.95. The highest BCUT2D eigenvalue weighted by Crippen LogP contribution is 2.30. The van der Waals surface area contributed by atoms with Crippen LogP contribution in [-0.4, -0.2) is 25.0 Å². The van der Waals surface area contributed by atoms with Crippen LogP contribution >= 0.6 is 0 Å². The zero-order chi connectivity index (χ0) is 17.3. The Balaban J connectivity index is 1.66. The Kier molecular flexibility index (Phi) is 3.31. The van der Waals surface area contributed by atoms with E-state index in [1.165, 1.54) is 0 Å². The average Bonchev–Trinajstić information content (AvgIpc) is 3.17. The molecule has 5 rings (SSSR count). The first-order valence-corrected chi connectivity index (χ1v) is 8.19. The molecule has 2 heterocycles. The number of tetrazole rings is 1. The maximum absolute atomic E-state index is 6.11. The SMILES string of the molecule is c1ccc(-c2nc(Oc3cccc4ccccc34)cc3nnnn23)cc1. The first-order valence-electron chi connectivity index (χ1n) is 8.19. The molecule has 124 valence electrons. The van der Waals surface area contributed by atoms with Crippen molar-refractivity contribution >= 4 is 16.4 Å². The Morgan fingerprint density at radius 2 is 1.62 bits per heavy atom. The van der Waals surface area contributed by atoms with E-state index in [9.17, 15) is 0 Å². The van der Waals surface area contributed by atoms with E-state index in [4.69, 9.17) is 4.74 Å². The van der Waals surface area contributed by atoms with Crippen LogP contribution in [0.15, 0.2) is 78.9 Å². The van der Waals surface area contributed by atoms with Crippen molar-refractivity contribution in [3.63, 3.8) is 0 Å². The molecular weight excluding hydrogens is 326 g/mol. The lowest BCUT2D eigenvalue weighted by Gasteiger charge is -2.10. The van der Waals surface area contributed by atoms with Crippen LogP contribution < -0.4 is 4.74 Å². The predicted octanol–water partition coefficient (Wildman–Crippen LogP) is 4.13. The first-order chi connectivity index (χ1) is 12.9. The standard InChI is InChI=1S/C20H13N5O/c1-2-8-15(9-3-1)20-21-19(13-18-22-23-24-25(18)20)26-17-12-6-10-14-7-4-5-11-16(14)17/h1-13H. The van der Waals surface area contributed by atoms with Crippen LogP contribution in [0.5, 0.6) is 11.6 Å². The molecule has 0 spiro atoms. The molecule has 0 radical (unpaired) electrons. The van der Waals surface area contributed by atoms with Crippen molar-refractivity contribution in [1.82, 2.24) is 25.0 Å². The molecule has 0 aliphatic heterocycles. The summed E-state index contributed by atoms with van der Waals surface area (Å²) in [7, 11) is 0. The molecule has 5 aromatic rings. The summed E-state index contributed by atoms with van der Waals surface area (Å²) in [4.78, 5) is 4.64. The third kappa shape index (κ3) is 2.44. The van der Waals surface area contributed by atoms with E-state index in [-0.39, 0.29) is 0 Å². The van der Waals surface area contributed by atoms with Gasteiger partial charge in [-0.1, -0.05) is 66.7 Å². The van der Waals surface area contributed by atoms with Gasteiger partial charge in [-0.3, -0.25) is 0 Å². The number of nitrogens with zero attached hydrogens (tertiary/aromatic N) is 5.